The molecule has 1 aliphatic carbocycles. The third-order valence-electron chi connectivity index (χ3n) is 7.01. The summed E-state index contributed by atoms with van der Waals surface area (Å²) in [4.78, 5) is 15.0. The summed E-state index contributed by atoms with van der Waals surface area (Å²) in [5, 5.41) is 10.1. The van der Waals surface area contributed by atoms with E-state index in [-0.39, 0.29) is 47.9 Å². The molecule has 5 rings (SSSR count). The Morgan fingerprint density at radius 2 is 1.74 bits per heavy atom. The zero-order valence-electron chi connectivity index (χ0n) is 17.0. The van der Waals surface area contributed by atoms with Gasteiger partial charge in [0.05, 0.1) is 35.8 Å². The molecule has 3 atom stereocenters. The SMILES string of the molecule is O=C(C1CCCC1)N1[C@H](CO)[C@@H]2c3ccccc3N(S(=O)(=O)c3ccc(F)cc3)C[C@@H]21. The number of para-hydroxylation sites is 1. The van der Waals surface area contributed by atoms with Gasteiger partial charge in [0.25, 0.3) is 10.0 Å². The third-order valence-corrected chi connectivity index (χ3v) is 8.80. The van der Waals surface area contributed by atoms with Crippen molar-refractivity contribution in [1.82, 2.24) is 4.90 Å². The highest BCUT2D eigenvalue weighted by Gasteiger charge is 2.56. The summed E-state index contributed by atoms with van der Waals surface area (Å²) in [7, 11) is -3.94. The Kier molecular flexibility index (Phi) is 5.01. The molecule has 3 aliphatic rings. The van der Waals surface area contributed by atoms with Gasteiger partial charge < -0.3 is 10.0 Å². The fourth-order valence-electron chi connectivity index (χ4n) is 5.50. The number of hydrogen-bond acceptors (Lipinski definition) is 4. The van der Waals surface area contributed by atoms with E-state index in [1.165, 1.54) is 16.4 Å². The molecule has 0 unspecified atom stereocenters. The molecule has 0 spiro atoms. The molecule has 2 aromatic carbocycles. The van der Waals surface area contributed by atoms with Crippen LogP contribution < -0.4 is 4.31 Å². The van der Waals surface area contributed by atoms with Gasteiger partial charge in [0.15, 0.2) is 0 Å². The molecule has 6 nitrogen and oxygen atoms in total. The zero-order chi connectivity index (χ0) is 21.8. The molecule has 164 valence electrons. The zero-order valence-corrected chi connectivity index (χ0v) is 17.8. The molecule has 1 saturated carbocycles. The fourth-order valence-corrected chi connectivity index (χ4v) is 7.01. The summed E-state index contributed by atoms with van der Waals surface area (Å²) >= 11 is 0. The van der Waals surface area contributed by atoms with Crippen LogP contribution in [-0.2, 0) is 14.8 Å². The van der Waals surface area contributed by atoms with Crippen LogP contribution in [0.1, 0.15) is 37.2 Å². The van der Waals surface area contributed by atoms with Gasteiger partial charge in [-0.2, -0.15) is 0 Å². The second kappa shape index (κ2) is 7.60. The van der Waals surface area contributed by atoms with Gasteiger partial charge in [0, 0.05) is 11.8 Å². The number of carbonyl (C=O) groups is 1. The van der Waals surface area contributed by atoms with Crippen molar-refractivity contribution in [2.24, 2.45) is 5.92 Å². The Bertz CT molecular complexity index is 1100. The number of sulfonamides is 1. The predicted molar refractivity (Wildman–Crippen MR) is 114 cm³/mol. The Balaban J connectivity index is 1.55. The summed E-state index contributed by atoms with van der Waals surface area (Å²) in [5.74, 6) is -0.631. The highest BCUT2D eigenvalue weighted by Crippen LogP contribution is 2.50. The Hall–Kier alpha value is -2.45. The summed E-state index contributed by atoms with van der Waals surface area (Å²) in [6, 6.07) is 11.4. The minimum atomic E-state index is -3.94. The van der Waals surface area contributed by atoms with Gasteiger partial charge >= 0.3 is 0 Å². The number of amides is 1. The lowest BCUT2D eigenvalue weighted by atomic mass is 9.72. The largest absolute Gasteiger partial charge is 0.394 e. The number of halogens is 1. The van der Waals surface area contributed by atoms with Crippen LogP contribution in [0.15, 0.2) is 53.4 Å². The molecular formula is C23H25FN2O4S. The Labute approximate surface area is 181 Å². The van der Waals surface area contributed by atoms with E-state index in [1.54, 1.807) is 17.0 Å². The monoisotopic (exact) mass is 444 g/mol. The number of anilines is 1. The van der Waals surface area contributed by atoms with E-state index in [1.807, 2.05) is 12.1 Å². The summed E-state index contributed by atoms with van der Waals surface area (Å²) in [6.07, 6.45) is 3.74. The quantitative estimate of drug-likeness (QED) is 0.787. The average Bonchev–Trinajstić information content (AvgIpc) is 3.29. The van der Waals surface area contributed by atoms with Gasteiger partial charge in [0.2, 0.25) is 5.91 Å². The second-order valence-electron chi connectivity index (χ2n) is 8.62. The van der Waals surface area contributed by atoms with E-state index in [0.717, 1.165) is 43.4 Å². The van der Waals surface area contributed by atoms with Crippen LogP contribution in [0.5, 0.6) is 0 Å². The van der Waals surface area contributed by atoms with Gasteiger partial charge in [-0.15, -0.1) is 0 Å². The molecular weight excluding hydrogens is 419 g/mol. The lowest BCUT2D eigenvalue weighted by Crippen LogP contribution is -2.71. The number of aliphatic hydroxyl groups excluding tert-OH is 1. The summed E-state index contributed by atoms with van der Waals surface area (Å²) in [6.45, 7) is -0.0327. The maximum absolute atomic E-state index is 13.5. The summed E-state index contributed by atoms with van der Waals surface area (Å²) in [5.41, 5.74) is 1.37. The van der Waals surface area contributed by atoms with E-state index in [9.17, 15) is 22.7 Å². The second-order valence-corrected chi connectivity index (χ2v) is 10.5. The lowest BCUT2D eigenvalue weighted by molar-refractivity contribution is -0.154. The molecule has 2 heterocycles. The van der Waals surface area contributed by atoms with Crippen LogP contribution in [0.2, 0.25) is 0 Å². The van der Waals surface area contributed by atoms with Crippen molar-refractivity contribution < 1.29 is 22.7 Å². The van der Waals surface area contributed by atoms with Crippen LogP contribution in [-0.4, -0.2) is 49.6 Å². The van der Waals surface area contributed by atoms with Crippen LogP contribution in [0, 0.1) is 11.7 Å². The molecule has 0 bridgehead atoms. The maximum atomic E-state index is 13.5. The number of benzene rings is 2. The molecule has 1 N–H and O–H groups in total. The fraction of sp³-hybridized carbons (Fsp3) is 0.435. The van der Waals surface area contributed by atoms with Crippen LogP contribution in [0.4, 0.5) is 10.1 Å². The number of rotatable bonds is 4. The van der Waals surface area contributed by atoms with E-state index < -0.39 is 15.8 Å². The van der Waals surface area contributed by atoms with Crippen molar-refractivity contribution in [2.45, 2.75) is 48.6 Å². The smallest absolute Gasteiger partial charge is 0.264 e. The number of likely N-dealkylation sites (tertiary alicyclic amines) is 1. The van der Waals surface area contributed by atoms with E-state index >= 15 is 0 Å². The number of nitrogens with zero attached hydrogens (tertiary/aromatic N) is 2. The first-order valence-electron chi connectivity index (χ1n) is 10.7. The number of aliphatic hydroxyl groups is 1. The van der Waals surface area contributed by atoms with E-state index in [4.69, 9.17) is 0 Å². The molecule has 31 heavy (non-hydrogen) atoms. The molecule has 0 radical (unpaired) electrons. The van der Waals surface area contributed by atoms with Crippen molar-refractivity contribution in [1.29, 1.82) is 0 Å². The minimum absolute atomic E-state index is 0.00820. The first-order chi connectivity index (χ1) is 14.9. The number of fused-ring (bicyclic) bond motifs is 3. The van der Waals surface area contributed by atoms with E-state index in [0.29, 0.717) is 5.69 Å². The van der Waals surface area contributed by atoms with Crippen molar-refractivity contribution in [3.8, 4) is 0 Å². The third kappa shape index (κ3) is 3.15. The maximum Gasteiger partial charge on any atom is 0.264 e. The van der Waals surface area contributed by atoms with Crippen molar-refractivity contribution >= 4 is 21.6 Å². The first-order valence-corrected chi connectivity index (χ1v) is 12.2. The van der Waals surface area contributed by atoms with Crippen molar-refractivity contribution in [3.63, 3.8) is 0 Å². The lowest BCUT2D eigenvalue weighted by Gasteiger charge is -2.59. The molecule has 1 amide bonds. The minimum Gasteiger partial charge on any atom is -0.394 e. The Morgan fingerprint density at radius 3 is 2.42 bits per heavy atom. The van der Waals surface area contributed by atoms with E-state index in [2.05, 4.69) is 0 Å². The topological polar surface area (TPSA) is 77.9 Å². The number of carbonyl (C=O) groups excluding carboxylic acids is 1. The van der Waals surface area contributed by atoms with Crippen LogP contribution in [0.3, 0.4) is 0 Å². The number of hydrogen-bond donors (Lipinski definition) is 1. The van der Waals surface area contributed by atoms with Crippen molar-refractivity contribution in [3.05, 3.63) is 59.9 Å². The molecule has 8 heteroatoms. The van der Waals surface area contributed by atoms with Gasteiger partial charge in [0.1, 0.15) is 5.82 Å². The van der Waals surface area contributed by atoms with Gasteiger partial charge in [-0.1, -0.05) is 31.0 Å². The predicted octanol–water partition coefficient (Wildman–Crippen LogP) is 2.88. The van der Waals surface area contributed by atoms with Crippen molar-refractivity contribution in [2.75, 3.05) is 17.5 Å². The van der Waals surface area contributed by atoms with Crippen LogP contribution in [0.25, 0.3) is 0 Å². The standard InChI is InChI=1S/C23H25FN2O4S/c24-16-9-11-17(12-10-16)31(29,30)25-13-20-22(18-7-3-4-8-19(18)25)21(14-27)26(20)23(28)15-5-1-2-6-15/h3-4,7-12,15,20-22,27H,1-2,5-6,13-14H2/t20-,21+,22+/m0/s1. The van der Waals surface area contributed by atoms with Crippen LogP contribution >= 0.6 is 0 Å². The molecule has 2 fully saturated rings. The molecule has 2 aliphatic heterocycles. The highest BCUT2D eigenvalue weighted by molar-refractivity contribution is 7.92. The Morgan fingerprint density at radius 1 is 1.06 bits per heavy atom. The normalized spacial score (nSPS) is 25.7. The van der Waals surface area contributed by atoms with Gasteiger partial charge in [-0.3, -0.25) is 9.10 Å². The van der Waals surface area contributed by atoms with Gasteiger partial charge in [-0.05, 0) is 48.7 Å². The molecule has 0 aromatic heterocycles. The summed E-state index contributed by atoms with van der Waals surface area (Å²) < 4.78 is 41.6. The molecule has 2 aromatic rings. The van der Waals surface area contributed by atoms with Gasteiger partial charge in [-0.25, -0.2) is 12.8 Å². The first kappa shape index (κ1) is 20.5. The average molecular weight is 445 g/mol. The molecule has 1 saturated heterocycles. The highest BCUT2D eigenvalue weighted by atomic mass is 32.2.